The lowest BCUT2D eigenvalue weighted by atomic mass is 10.1. The zero-order valence-electron chi connectivity index (χ0n) is 34.2. The number of benzene rings is 2. The number of carboxylic acids is 1. The third kappa shape index (κ3) is 13.7. The number of nitrogens with zero attached hydrogens (tertiary/aromatic N) is 4. The summed E-state index contributed by atoms with van der Waals surface area (Å²) in [6.07, 6.45) is 3.03. The molecule has 2 heterocycles. The molecule has 20 nitrogen and oxygen atoms in total. The Bertz CT molecular complexity index is 2270. The van der Waals surface area contributed by atoms with E-state index in [-0.39, 0.29) is 57.8 Å². The monoisotopic (exact) mass is 873 g/mol. The van der Waals surface area contributed by atoms with Crippen molar-refractivity contribution in [3.63, 3.8) is 0 Å². The maximum Gasteiger partial charge on any atom is 0.345 e. The molecule has 62 heavy (non-hydrogen) atoms. The van der Waals surface area contributed by atoms with E-state index in [2.05, 4.69) is 31.3 Å². The maximum absolute atomic E-state index is 14.6. The van der Waals surface area contributed by atoms with E-state index in [9.17, 15) is 38.7 Å². The van der Waals surface area contributed by atoms with Crippen LogP contribution in [-0.4, -0.2) is 129 Å². The molecular weight excluding hydrogens is 823 g/mol. The molecule has 0 bridgehead atoms. The normalized spacial score (nSPS) is 13.1. The van der Waals surface area contributed by atoms with Gasteiger partial charge >= 0.3 is 12.0 Å². The minimum Gasteiger partial charge on any atom is -0.480 e. The van der Waals surface area contributed by atoms with Crippen molar-refractivity contribution in [2.45, 2.75) is 66.6 Å². The van der Waals surface area contributed by atoms with Gasteiger partial charge in [-0.05, 0) is 80.9 Å². The number of rotatable bonds is 22. The van der Waals surface area contributed by atoms with E-state index in [0.717, 1.165) is 0 Å². The van der Waals surface area contributed by atoms with Crippen molar-refractivity contribution in [2.75, 3.05) is 33.2 Å². The predicted octanol–water partition coefficient (Wildman–Crippen LogP) is 0.266. The third-order valence-corrected chi connectivity index (χ3v) is 10.4. The predicted molar refractivity (Wildman–Crippen MR) is 230 cm³/mol. The van der Waals surface area contributed by atoms with Crippen molar-refractivity contribution in [1.29, 1.82) is 0 Å². The van der Waals surface area contributed by atoms with Crippen LogP contribution >= 0.6 is 11.8 Å². The molecule has 12 N–H and O–H groups in total. The van der Waals surface area contributed by atoms with E-state index in [4.69, 9.17) is 22.3 Å². The van der Waals surface area contributed by atoms with Gasteiger partial charge < -0.3 is 53.6 Å². The molecule has 0 saturated heterocycles. The third-order valence-electron chi connectivity index (χ3n) is 9.33. The number of aliphatic hydroxyl groups excluding tert-OH is 1. The highest BCUT2D eigenvalue weighted by Gasteiger charge is 2.29. The molecule has 21 heteroatoms. The number of hydrogen-bond acceptors (Lipinski definition) is 13. The number of carboxylic acid groups (broad SMARTS) is 1. The topological polar surface area (TPSA) is 320 Å². The lowest BCUT2D eigenvalue weighted by Gasteiger charge is -2.25. The lowest BCUT2D eigenvalue weighted by molar-refractivity contribution is -0.138. The standard InChI is InChI=1S/C41H51N11O9S/c1-24(53)36(37(44)56)49-39(58)31(16-18-42)48-35(55)17-21-51(22-20-47-34(54)15-13-29(43)40(59)60)41(61)52-32-23-26(62-33-9-4-3-8-28(33)38(57)45-2)11-12-27(32)30(50-52)14-10-25-7-5-6-19-46-25/h3-12,14,19,23-24,29,31,36,53H,13,15-18,20-22,42-43H2,1-2H3,(H2,44,56)(H,45,57)(H,47,54)(H,48,55)(H,49,58)(H,59,60)/b14-10+/t24-,29+,31+,36+/m1/s1. The number of nitrogens with two attached hydrogens (primary N) is 3. The van der Waals surface area contributed by atoms with Gasteiger partial charge in [0, 0.05) is 60.9 Å². The van der Waals surface area contributed by atoms with E-state index in [1.54, 1.807) is 66.9 Å². The van der Waals surface area contributed by atoms with E-state index in [1.165, 1.54) is 35.3 Å². The van der Waals surface area contributed by atoms with Gasteiger partial charge in [0.25, 0.3) is 5.91 Å². The van der Waals surface area contributed by atoms with Crippen LogP contribution < -0.4 is 38.5 Å². The summed E-state index contributed by atoms with van der Waals surface area (Å²) >= 11 is 1.30. The Hall–Kier alpha value is -6.68. The summed E-state index contributed by atoms with van der Waals surface area (Å²) in [5.74, 6) is -4.52. The van der Waals surface area contributed by atoms with Gasteiger partial charge in [-0.3, -0.25) is 33.8 Å². The van der Waals surface area contributed by atoms with Crippen LogP contribution in [0.4, 0.5) is 4.79 Å². The largest absolute Gasteiger partial charge is 0.480 e. The Kier molecular flexibility index (Phi) is 18.1. The Morgan fingerprint density at radius 3 is 2.34 bits per heavy atom. The number of hydrogen-bond donors (Lipinski definition) is 9. The number of amides is 6. The van der Waals surface area contributed by atoms with Crippen molar-refractivity contribution >= 4 is 76.4 Å². The SMILES string of the molecule is CNC(=O)c1ccccc1Sc1ccc2c(/C=C/c3ccccn3)nn(C(=O)N(CCNC(=O)CC[C@H](N)C(=O)O)CCC(=O)N[C@@H](CCN)C(=O)N[C@H](C(N)=O)[C@@H](C)O)c2c1. The first kappa shape index (κ1) is 48.0. The molecule has 4 aromatic rings. The van der Waals surface area contributed by atoms with Gasteiger partial charge in [0.15, 0.2) is 0 Å². The van der Waals surface area contributed by atoms with Crippen molar-refractivity contribution in [3.05, 3.63) is 83.8 Å². The Labute approximate surface area is 361 Å². The van der Waals surface area contributed by atoms with E-state index in [0.29, 0.717) is 37.6 Å². The van der Waals surface area contributed by atoms with Crippen LogP contribution in [0.3, 0.4) is 0 Å². The molecule has 2 aromatic heterocycles. The van der Waals surface area contributed by atoms with Gasteiger partial charge in [-0.2, -0.15) is 9.78 Å². The van der Waals surface area contributed by atoms with Crippen LogP contribution in [-0.2, 0) is 24.0 Å². The number of pyridine rings is 1. The van der Waals surface area contributed by atoms with Crippen LogP contribution in [0, 0.1) is 0 Å². The zero-order chi connectivity index (χ0) is 45.3. The molecule has 2 aromatic carbocycles. The molecule has 0 aliphatic rings. The van der Waals surface area contributed by atoms with Crippen LogP contribution in [0.15, 0.2) is 76.7 Å². The first-order valence-electron chi connectivity index (χ1n) is 19.6. The van der Waals surface area contributed by atoms with Crippen LogP contribution in [0.5, 0.6) is 0 Å². The first-order chi connectivity index (χ1) is 29.6. The highest BCUT2D eigenvalue weighted by atomic mass is 32.2. The Morgan fingerprint density at radius 1 is 0.935 bits per heavy atom. The summed E-state index contributed by atoms with van der Waals surface area (Å²) in [6, 6.07) is 13.2. The second-order valence-corrected chi connectivity index (χ2v) is 15.0. The Balaban J connectivity index is 1.68. The molecule has 4 rings (SSSR count). The first-order valence-corrected chi connectivity index (χ1v) is 20.4. The summed E-state index contributed by atoms with van der Waals surface area (Å²) in [6.45, 7) is 0.743. The molecule has 0 unspecified atom stereocenters. The summed E-state index contributed by atoms with van der Waals surface area (Å²) in [7, 11) is 1.53. The average Bonchev–Trinajstić information content (AvgIpc) is 3.62. The number of carbonyl (C=O) groups is 7. The van der Waals surface area contributed by atoms with Crippen molar-refractivity contribution in [3.8, 4) is 0 Å². The summed E-state index contributed by atoms with van der Waals surface area (Å²) < 4.78 is 1.17. The van der Waals surface area contributed by atoms with Crippen molar-refractivity contribution in [1.82, 2.24) is 40.9 Å². The number of carbonyl (C=O) groups excluding carboxylic acids is 6. The van der Waals surface area contributed by atoms with Crippen LogP contribution in [0.1, 0.15) is 54.4 Å². The fraction of sp³-hybridized carbons (Fsp3) is 0.341. The minimum atomic E-state index is -1.43. The van der Waals surface area contributed by atoms with Crippen LogP contribution in [0.2, 0.25) is 0 Å². The molecule has 0 radical (unpaired) electrons. The molecule has 0 saturated carbocycles. The molecule has 0 aliphatic heterocycles. The Morgan fingerprint density at radius 2 is 1.68 bits per heavy atom. The van der Waals surface area contributed by atoms with Crippen LogP contribution in [0.25, 0.3) is 23.1 Å². The van der Waals surface area contributed by atoms with Gasteiger partial charge in [-0.1, -0.05) is 30.0 Å². The zero-order valence-corrected chi connectivity index (χ0v) is 35.0. The van der Waals surface area contributed by atoms with E-state index >= 15 is 0 Å². The van der Waals surface area contributed by atoms with Gasteiger partial charge in [0.05, 0.1) is 28.6 Å². The number of nitrogens with one attached hydrogen (secondary N) is 4. The molecule has 0 fully saturated rings. The fourth-order valence-corrected chi connectivity index (χ4v) is 6.96. The second kappa shape index (κ2) is 23.4. The highest BCUT2D eigenvalue weighted by Crippen LogP contribution is 2.34. The molecule has 6 amide bonds. The molecule has 0 spiro atoms. The molecule has 330 valence electrons. The molecule has 0 aliphatic carbocycles. The fourth-order valence-electron chi connectivity index (χ4n) is 5.98. The number of aliphatic carboxylic acids is 1. The quantitative estimate of drug-likeness (QED) is 0.0512. The second-order valence-electron chi connectivity index (χ2n) is 13.9. The maximum atomic E-state index is 14.6. The van der Waals surface area contributed by atoms with Gasteiger partial charge in [0.2, 0.25) is 23.6 Å². The average molecular weight is 874 g/mol. The number of aliphatic hydroxyl groups is 1. The minimum absolute atomic E-state index is 0.0306. The molecule has 4 atom stereocenters. The smallest absolute Gasteiger partial charge is 0.345 e. The number of primary amides is 1. The number of aromatic nitrogens is 3. The summed E-state index contributed by atoms with van der Waals surface area (Å²) in [4.78, 5) is 96.2. The van der Waals surface area contributed by atoms with E-state index in [1.807, 2.05) is 12.1 Å². The van der Waals surface area contributed by atoms with Gasteiger partial charge in [0.1, 0.15) is 18.1 Å². The van der Waals surface area contributed by atoms with Crippen molar-refractivity contribution in [2.24, 2.45) is 17.2 Å². The van der Waals surface area contributed by atoms with Gasteiger partial charge in [-0.25, -0.2) is 4.79 Å². The summed E-state index contributed by atoms with van der Waals surface area (Å²) in [5.41, 5.74) is 18.4. The summed E-state index contributed by atoms with van der Waals surface area (Å²) in [5, 5.41) is 34.4. The molecular formula is C41H51N11O9S. The number of fused-ring (bicyclic) bond motifs is 1. The van der Waals surface area contributed by atoms with Gasteiger partial charge in [-0.15, -0.1) is 0 Å². The van der Waals surface area contributed by atoms with E-state index < -0.39 is 59.9 Å². The lowest BCUT2D eigenvalue weighted by Crippen LogP contribution is -2.56. The highest BCUT2D eigenvalue weighted by molar-refractivity contribution is 7.99. The van der Waals surface area contributed by atoms with Crippen molar-refractivity contribution < 1.29 is 43.8 Å².